The van der Waals surface area contributed by atoms with E-state index in [0.29, 0.717) is 6.07 Å². The fraction of sp³-hybridized carbons (Fsp3) is 0.222. The molecule has 5 nitrogen and oxygen atoms in total. The van der Waals surface area contributed by atoms with E-state index in [-0.39, 0.29) is 12.1 Å². The summed E-state index contributed by atoms with van der Waals surface area (Å²) in [6, 6.07) is 8.52. The lowest BCUT2D eigenvalue weighted by Crippen LogP contribution is -2.29. The first kappa shape index (κ1) is 22.1. The quantitative estimate of drug-likeness (QED) is 0.564. The molecule has 0 aliphatic carbocycles. The highest BCUT2D eigenvalue weighted by molar-refractivity contribution is 5.91. The van der Waals surface area contributed by atoms with Crippen LogP contribution in [0.15, 0.2) is 48.5 Å². The Balaban J connectivity index is 1.91. The lowest BCUT2D eigenvalue weighted by atomic mass is 10.1. The zero-order chi connectivity index (χ0) is 21.7. The number of ether oxygens (including phenoxy) is 2. The van der Waals surface area contributed by atoms with Crippen molar-refractivity contribution in [3.63, 3.8) is 0 Å². The Bertz CT molecular complexity index is 879. The van der Waals surface area contributed by atoms with Crippen molar-refractivity contribution in [1.29, 1.82) is 0 Å². The van der Waals surface area contributed by atoms with E-state index >= 15 is 0 Å². The van der Waals surface area contributed by atoms with E-state index in [4.69, 9.17) is 0 Å². The summed E-state index contributed by atoms with van der Waals surface area (Å²) in [6.07, 6.45) is -9.57. The lowest BCUT2D eigenvalue weighted by molar-refractivity contribution is -0.274. The topological polar surface area (TPSA) is 64.6 Å². The highest BCUT2D eigenvalue weighted by Gasteiger charge is 2.32. The first-order chi connectivity index (χ1) is 13.5. The Morgan fingerprint density at radius 2 is 1.62 bits per heavy atom. The number of benzene rings is 2. The summed E-state index contributed by atoms with van der Waals surface area (Å²) >= 11 is 0. The molecule has 0 spiro atoms. The Labute approximate surface area is 160 Å². The Morgan fingerprint density at radius 1 is 0.931 bits per heavy atom. The molecular formula is C18H13F6NO4. The van der Waals surface area contributed by atoms with Gasteiger partial charge in [0.25, 0.3) is 5.91 Å². The van der Waals surface area contributed by atoms with E-state index < -0.39 is 47.9 Å². The van der Waals surface area contributed by atoms with Crippen LogP contribution in [-0.4, -0.2) is 24.8 Å². The van der Waals surface area contributed by atoms with Crippen LogP contribution in [-0.2, 0) is 22.3 Å². The molecule has 156 valence electrons. The van der Waals surface area contributed by atoms with Gasteiger partial charge in [-0.15, -0.1) is 13.2 Å². The van der Waals surface area contributed by atoms with Crippen molar-refractivity contribution in [3.8, 4) is 5.75 Å². The molecule has 0 radical (unpaired) electrons. The van der Waals surface area contributed by atoms with Crippen LogP contribution in [0.25, 0.3) is 0 Å². The van der Waals surface area contributed by atoms with Crippen molar-refractivity contribution in [2.45, 2.75) is 19.1 Å². The number of hydrogen-bond donors (Lipinski definition) is 1. The average Bonchev–Trinajstić information content (AvgIpc) is 2.63. The molecule has 1 N–H and O–H groups in total. The maximum absolute atomic E-state index is 12.6. The molecule has 2 rings (SSSR count). The fourth-order valence-corrected chi connectivity index (χ4v) is 2.16. The number of nitrogens with one attached hydrogen (secondary N) is 1. The van der Waals surface area contributed by atoms with Crippen molar-refractivity contribution in [2.75, 3.05) is 6.61 Å². The normalized spacial score (nSPS) is 11.7. The van der Waals surface area contributed by atoms with Gasteiger partial charge in [0, 0.05) is 12.1 Å². The zero-order valence-electron chi connectivity index (χ0n) is 14.4. The first-order valence-electron chi connectivity index (χ1n) is 7.90. The molecule has 0 saturated heterocycles. The zero-order valence-corrected chi connectivity index (χ0v) is 14.4. The molecule has 2 aromatic rings. The minimum Gasteiger partial charge on any atom is -0.452 e. The number of rotatable bonds is 6. The van der Waals surface area contributed by atoms with Gasteiger partial charge in [-0.3, -0.25) is 4.79 Å². The molecule has 1 amide bonds. The van der Waals surface area contributed by atoms with Crippen LogP contribution in [0.1, 0.15) is 21.5 Å². The molecule has 0 fully saturated rings. The monoisotopic (exact) mass is 421 g/mol. The summed E-state index contributed by atoms with van der Waals surface area (Å²) in [4.78, 5) is 23.5. The van der Waals surface area contributed by atoms with Gasteiger partial charge in [-0.05, 0) is 24.3 Å². The standard InChI is InChI=1S/C18H13F6NO4/c19-17(20,21)13-6-3-5-11(8-13)16(27)28-10-15(26)25-9-12-4-1-2-7-14(12)29-18(22,23)24/h1-8H,9-10H2,(H,25,26). The van der Waals surface area contributed by atoms with Gasteiger partial charge in [0.15, 0.2) is 6.61 Å². The Kier molecular flexibility index (Phi) is 6.72. The summed E-state index contributed by atoms with van der Waals surface area (Å²) < 4.78 is 83.5. The van der Waals surface area contributed by atoms with Gasteiger partial charge < -0.3 is 14.8 Å². The van der Waals surface area contributed by atoms with Crippen molar-refractivity contribution >= 4 is 11.9 Å². The third-order valence-corrected chi connectivity index (χ3v) is 3.43. The number of alkyl halides is 6. The number of esters is 1. The van der Waals surface area contributed by atoms with Crippen molar-refractivity contribution in [1.82, 2.24) is 5.32 Å². The Hall–Kier alpha value is -3.24. The molecule has 0 atom stereocenters. The van der Waals surface area contributed by atoms with Gasteiger partial charge in [-0.25, -0.2) is 4.79 Å². The SMILES string of the molecule is O=C(COC(=O)c1cccc(C(F)(F)F)c1)NCc1ccccc1OC(F)(F)F. The van der Waals surface area contributed by atoms with Gasteiger partial charge in [0.1, 0.15) is 5.75 Å². The number of amides is 1. The van der Waals surface area contributed by atoms with Gasteiger partial charge in [-0.2, -0.15) is 13.2 Å². The largest absolute Gasteiger partial charge is 0.573 e. The summed E-state index contributed by atoms with van der Waals surface area (Å²) in [5, 5.41) is 2.22. The molecule has 0 heterocycles. The smallest absolute Gasteiger partial charge is 0.452 e. The van der Waals surface area contributed by atoms with Crippen molar-refractivity contribution in [3.05, 3.63) is 65.2 Å². The molecular weight excluding hydrogens is 408 g/mol. The maximum Gasteiger partial charge on any atom is 0.573 e. The lowest BCUT2D eigenvalue weighted by Gasteiger charge is -2.13. The number of carbonyl (C=O) groups is 2. The van der Waals surface area contributed by atoms with Crippen LogP contribution >= 0.6 is 0 Å². The average molecular weight is 421 g/mol. The van der Waals surface area contributed by atoms with Gasteiger partial charge >= 0.3 is 18.5 Å². The first-order valence-corrected chi connectivity index (χ1v) is 7.90. The summed E-state index contributed by atoms with van der Waals surface area (Å²) in [5.74, 6) is -2.54. The molecule has 0 aromatic heterocycles. The van der Waals surface area contributed by atoms with Crippen LogP contribution in [0.2, 0.25) is 0 Å². The minimum atomic E-state index is -4.92. The predicted molar refractivity (Wildman–Crippen MR) is 86.7 cm³/mol. The second-order valence-corrected chi connectivity index (χ2v) is 5.59. The van der Waals surface area contributed by atoms with Crippen LogP contribution in [0.3, 0.4) is 0 Å². The predicted octanol–water partition coefficient (Wildman–Crippen LogP) is 4.08. The van der Waals surface area contributed by atoms with Gasteiger partial charge in [0.2, 0.25) is 0 Å². The molecule has 0 unspecified atom stereocenters. The van der Waals surface area contributed by atoms with Crippen molar-refractivity contribution in [2.24, 2.45) is 0 Å². The molecule has 0 aliphatic rings. The molecule has 29 heavy (non-hydrogen) atoms. The van der Waals surface area contributed by atoms with E-state index in [1.54, 1.807) is 0 Å². The van der Waals surface area contributed by atoms with Gasteiger partial charge in [-0.1, -0.05) is 24.3 Å². The maximum atomic E-state index is 12.6. The molecule has 0 aliphatic heterocycles. The fourth-order valence-electron chi connectivity index (χ4n) is 2.16. The van der Waals surface area contributed by atoms with Crippen LogP contribution in [0.5, 0.6) is 5.75 Å². The van der Waals surface area contributed by atoms with Gasteiger partial charge in [0.05, 0.1) is 11.1 Å². The minimum absolute atomic E-state index is 0.0161. The molecule has 11 heteroatoms. The summed E-state index contributed by atoms with van der Waals surface area (Å²) in [5.41, 5.74) is -1.45. The molecule has 2 aromatic carbocycles. The van der Waals surface area contributed by atoms with Crippen LogP contribution in [0, 0.1) is 0 Å². The summed E-state index contributed by atoms with van der Waals surface area (Å²) in [6.45, 7) is -1.19. The van der Waals surface area contributed by atoms with E-state index in [0.717, 1.165) is 24.3 Å². The number of para-hydroxylation sites is 1. The van der Waals surface area contributed by atoms with E-state index in [2.05, 4.69) is 14.8 Å². The van der Waals surface area contributed by atoms with E-state index in [1.165, 1.54) is 18.2 Å². The van der Waals surface area contributed by atoms with Crippen molar-refractivity contribution < 1.29 is 45.4 Å². The summed E-state index contributed by atoms with van der Waals surface area (Å²) in [7, 11) is 0. The molecule has 0 bridgehead atoms. The number of hydrogen-bond acceptors (Lipinski definition) is 4. The van der Waals surface area contributed by atoms with Crippen LogP contribution in [0.4, 0.5) is 26.3 Å². The Morgan fingerprint density at radius 3 is 2.28 bits per heavy atom. The number of halogens is 6. The highest BCUT2D eigenvalue weighted by atomic mass is 19.4. The third-order valence-electron chi connectivity index (χ3n) is 3.43. The third kappa shape index (κ3) is 7.01. The molecule has 0 saturated carbocycles. The van der Waals surface area contributed by atoms with E-state index in [1.807, 2.05) is 0 Å². The second-order valence-electron chi connectivity index (χ2n) is 5.59. The second kappa shape index (κ2) is 8.84. The van der Waals surface area contributed by atoms with Crippen LogP contribution < -0.4 is 10.1 Å². The number of carbonyl (C=O) groups excluding carboxylic acids is 2. The van der Waals surface area contributed by atoms with E-state index in [9.17, 15) is 35.9 Å². The highest BCUT2D eigenvalue weighted by Crippen LogP contribution is 2.29.